The van der Waals surface area contributed by atoms with Crippen LogP contribution in [-0.4, -0.2) is 96.0 Å². The number of hydrogen-bond donors (Lipinski definition) is 4. The van der Waals surface area contributed by atoms with Crippen molar-refractivity contribution in [2.24, 2.45) is 0 Å². The lowest BCUT2D eigenvalue weighted by atomic mass is 10.00. The minimum atomic E-state index is -4.60. The van der Waals surface area contributed by atoms with E-state index in [0.29, 0.717) is 12.8 Å². The van der Waals surface area contributed by atoms with Gasteiger partial charge in [0.1, 0.15) is 36.8 Å². The van der Waals surface area contributed by atoms with Crippen molar-refractivity contribution in [3.05, 3.63) is 36.5 Å². The van der Waals surface area contributed by atoms with Crippen molar-refractivity contribution in [3.63, 3.8) is 0 Å². The summed E-state index contributed by atoms with van der Waals surface area (Å²) in [7, 11) is -4.60. The molecule has 0 aromatic heterocycles. The maximum atomic E-state index is 12.8. The highest BCUT2D eigenvalue weighted by Gasteiger charge is 2.46. The molecule has 0 amide bonds. The van der Waals surface area contributed by atoms with E-state index in [1.807, 2.05) is 0 Å². The molecule has 0 aromatic rings. The van der Waals surface area contributed by atoms with Crippen LogP contribution in [0.25, 0.3) is 0 Å². The number of aliphatic hydroxyl groups is 3. The Morgan fingerprint density at radius 1 is 0.586 bits per heavy atom. The maximum absolute atomic E-state index is 12.8. The van der Waals surface area contributed by atoms with Gasteiger partial charge in [-0.2, -0.15) is 8.42 Å². The van der Waals surface area contributed by atoms with Crippen molar-refractivity contribution < 1.29 is 56.8 Å². The summed E-state index contributed by atoms with van der Waals surface area (Å²) in [5.74, 6) is -2.03. The molecule has 1 aliphatic rings. The van der Waals surface area contributed by atoms with Gasteiger partial charge in [0, 0.05) is 12.8 Å². The summed E-state index contributed by atoms with van der Waals surface area (Å²) < 4.78 is 54.0. The molecule has 1 aliphatic heterocycles. The highest BCUT2D eigenvalue weighted by atomic mass is 32.2. The number of carbonyl (C=O) groups excluding carboxylic acids is 2. The van der Waals surface area contributed by atoms with Crippen molar-refractivity contribution in [3.8, 4) is 0 Å². The molecule has 58 heavy (non-hydrogen) atoms. The Bertz CT molecular complexity index is 1220. The van der Waals surface area contributed by atoms with Gasteiger partial charge in [-0.25, -0.2) is 0 Å². The third-order valence-electron chi connectivity index (χ3n) is 10.2. The van der Waals surface area contributed by atoms with Crippen LogP contribution in [0, 0.1) is 0 Å². The monoisotopic (exact) mass is 845 g/mol. The number of rotatable bonds is 37. The lowest BCUT2D eigenvalue weighted by Crippen LogP contribution is -2.60. The van der Waals surface area contributed by atoms with Gasteiger partial charge in [0.25, 0.3) is 10.1 Å². The van der Waals surface area contributed by atoms with Crippen LogP contribution in [0.5, 0.6) is 0 Å². The van der Waals surface area contributed by atoms with Gasteiger partial charge >= 0.3 is 11.9 Å². The SMILES string of the molecule is CCCCCC/C=C/C=C/CCCCCCCC(=O)OC[C@H](CO[C@H]1O[C@H](CS(=O)(=O)O)[C@@H](O)C(O)C1O)OC(=O)CCCC/C=C/CCCCCCCCCCC. The minimum Gasteiger partial charge on any atom is -0.462 e. The van der Waals surface area contributed by atoms with Gasteiger partial charge in [-0.1, -0.05) is 140 Å². The number of esters is 2. The Morgan fingerprint density at radius 3 is 1.59 bits per heavy atom. The Kier molecular flexibility index (Phi) is 33.1. The maximum Gasteiger partial charge on any atom is 0.306 e. The Balaban J connectivity index is 2.48. The zero-order valence-electron chi connectivity index (χ0n) is 35.9. The van der Waals surface area contributed by atoms with E-state index in [4.69, 9.17) is 18.9 Å². The molecular weight excluding hydrogens is 765 g/mol. The Morgan fingerprint density at radius 2 is 1.03 bits per heavy atom. The topological polar surface area (TPSA) is 186 Å². The first-order valence-electron chi connectivity index (χ1n) is 22.6. The molecule has 12 nitrogen and oxygen atoms in total. The number of hydrogen-bond acceptors (Lipinski definition) is 11. The zero-order valence-corrected chi connectivity index (χ0v) is 36.7. The van der Waals surface area contributed by atoms with Crippen molar-refractivity contribution >= 4 is 22.1 Å². The van der Waals surface area contributed by atoms with Crippen LogP contribution in [0.4, 0.5) is 0 Å². The second kappa shape index (κ2) is 35.6. The number of aliphatic hydroxyl groups excluding tert-OH is 3. The first-order chi connectivity index (χ1) is 28.0. The van der Waals surface area contributed by atoms with Crippen LogP contribution in [-0.2, 0) is 38.7 Å². The van der Waals surface area contributed by atoms with E-state index in [9.17, 15) is 37.9 Å². The summed E-state index contributed by atoms with van der Waals surface area (Å²) >= 11 is 0. The van der Waals surface area contributed by atoms with Crippen molar-refractivity contribution in [1.29, 1.82) is 0 Å². The van der Waals surface area contributed by atoms with E-state index in [-0.39, 0.29) is 19.4 Å². The molecule has 0 aliphatic carbocycles. The van der Waals surface area contributed by atoms with Gasteiger partial charge in [0.15, 0.2) is 12.4 Å². The molecule has 2 unspecified atom stereocenters. The molecule has 6 atom stereocenters. The van der Waals surface area contributed by atoms with Gasteiger partial charge in [0.2, 0.25) is 0 Å². The van der Waals surface area contributed by atoms with Crippen molar-refractivity contribution in [1.82, 2.24) is 0 Å². The van der Waals surface area contributed by atoms with Gasteiger partial charge in [-0.05, 0) is 64.2 Å². The largest absolute Gasteiger partial charge is 0.462 e. The number of unbranched alkanes of at least 4 members (excludes halogenated alkanes) is 20. The summed E-state index contributed by atoms with van der Waals surface area (Å²) in [5, 5.41) is 30.9. The highest BCUT2D eigenvalue weighted by Crippen LogP contribution is 2.24. The molecule has 4 N–H and O–H groups in total. The molecule has 1 fully saturated rings. The second-order valence-electron chi connectivity index (χ2n) is 15.7. The Hall–Kier alpha value is -2.13. The van der Waals surface area contributed by atoms with Crippen molar-refractivity contribution in [2.45, 2.75) is 218 Å². The summed E-state index contributed by atoms with van der Waals surface area (Å²) in [6.07, 6.45) is 30.5. The van der Waals surface area contributed by atoms with Crippen molar-refractivity contribution in [2.75, 3.05) is 19.0 Å². The lowest BCUT2D eigenvalue weighted by Gasteiger charge is -2.40. The number of ether oxygens (including phenoxy) is 4. The highest BCUT2D eigenvalue weighted by molar-refractivity contribution is 7.85. The molecule has 1 saturated heterocycles. The summed E-state index contributed by atoms with van der Waals surface area (Å²) in [4.78, 5) is 25.4. The third kappa shape index (κ3) is 30.0. The summed E-state index contributed by atoms with van der Waals surface area (Å²) in [6, 6.07) is 0. The van der Waals surface area contributed by atoms with Gasteiger partial charge in [0.05, 0.1) is 6.61 Å². The molecule has 338 valence electrons. The van der Waals surface area contributed by atoms with Crippen LogP contribution >= 0.6 is 0 Å². The minimum absolute atomic E-state index is 0.131. The predicted octanol–water partition coefficient (Wildman–Crippen LogP) is 9.00. The molecule has 0 spiro atoms. The number of allylic oxidation sites excluding steroid dienone is 6. The van der Waals surface area contributed by atoms with Crippen LogP contribution in [0.3, 0.4) is 0 Å². The van der Waals surface area contributed by atoms with Gasteiger partial charge in [-0.3, -0.25) is 14.1 Å². The van der Waals surface area contributed by atoms with E-state index in [1.54, 1.807) is 0 Å². The normalized spacial score (nSPS) is 20.7. The molecule has 0 bridgehead atoms. The zero-order chi connectivity index (χ0) is 42.7. The first-order valence-corrected chi connectivity index (χ1v) is 24.2. The fourth-order valence-electron chi connectivity index (χ4n) is 6.66. The first kappa shape index (κ1) is 53.9. The standard InChI is InChI=1S/C45H80O12S/c1-3-5-7-9-11-13-15-17-19-21-23-25-27-29-31-33-40(46)54-35-38(36-55-45-44(50)43(49)42(48)39(57-45)37-58(51,52)53)56-41(47)34-32-30-28-26-24-22-20-18-16-14-12-10-8-6-4-2/h13,15,17,19,24,26,38-39,42-45,48-50H,3-12,14,16,18,20-23,25,27-37H2,1-2H3,(H,51,52,53)/b15-13+,19-17+,26-24+/t38-,39-,42-,43?,44?,45+/m1/s1. The Labute approximate surface area is 351 Å². The van der Waals surface area contributed by atoms with Gasteiger partial charge in [-0.15, -0.1) is 0 Å². The quantitative estimate of drug-likeness (QED) is 0.0153. The molecule has 1 heterocycles. The number of carbonyl (C=O) groups is 2. The van der Waals surface area contributed by atoms with E-state index in [2.05, 4.69) is 50.3 Å². The second-order valence-corrected chi connectivity index (χ2v) is 17.2. The smallest absolute Gasteiger partial charge is 0.306 e. The molecule has 0 aromatic carbocycles. The molecule has 0 radical (unpaired) electrons. The summed E-state index contributed by atoms with van der Waals surface area (Å²) in [6.45, 7) is 3.70. The van der Waals surface area contributed by atoms with Crippen LogP contribution in [0.15, 0.2) is 36.5 Å². The van der Waals surface area contributed by atoms with Gasteiger partial charge < -0.3 is 34.3 Å². The van der Waals surface area contributed by atoms with E-state index < -0.39 is 71.2 Å². The van der Waals surface area contributed by atoms with E-state index in [1.165, 1.54) is 83.5 Å². The van der Waals surface area contributed by atoms with Crippen LogP contribution in [0.2, 0.25) is 0 Å². The fourth-order valence-corrected chi connectivity index (χ4v) is 7.35. The van der Waals surface area contributed by atoms with E-state index in [0.717, 1.165) is 57.8 Å². The molecule has 0 saturated carbocycles. The molecule has 13 heteroatoms. The molecular formula is C45H80O12S. The van der Waals surface area contributed by atoms with E-state index >= 15 is 0 Å². The fraction of sp³-hybridized carbons (Fsp3) is 0.822. The van der Waals surface area contributed by atoms with Crippen LogP contribution < -0.4 is 0 Å². The lowest BCUT2D eigenvalue weighted by molar-refractivity contribution is -0.297. The summed E-state index contributed by atoms with van der Waals surface area (Å²) in [5.41, 5.74) is 0. The molecule has 1 rings (SSSR count). The third-order valence-corrected chi connectivity index (χ3v) is 11.0. The predicted molar refractivity (Wildman–Crippen MR) is 229 cm³/mol. The average Bonchev–Trinajstić information content (AvgIpc) is 3.18. The van der Waals surface area contributed by atoms with Crippen LogP contribution in [0.1, 0.15) is 181 Å². The average molecular weight is 845 g/mol.